The molecule has 2 aromatic carbocycles. The molecule has 6 heteroatoms. The van der Waals surface area contributed by atoms with Gasteiger partial charge >= 0.3 is 0 Å². The van der Waals surface area contributed by atoms with Crippen LogP contribution in [0.15, 0.2) is 53.5 Å². The molecule has 0 bridgehead atoms. The van der Waals surface area contributed by atoms with Crippen LogP contribution < -0.4 is 10.6 Å². The third kappa shape index (κ3) is 7.00. The SMILES string of the molecule is CN=C(NCCCOC(C)c1ccccc1)NCc1ccc(F)c(CO)c1. The van der Waals surface area contributed by atoms with Crippen LogP contribution in [0.3, 0.4) is 0 Å². The number of guanidine groups is 1. The molecule has 0 spiro atoms. The molecular formula is C21H28FN3O2. The van der Waals surface area contributed by atoms with E-state index < -0.39 is 5.82 Å². The second kappa shape index (κ2) is 11.3. The molecule has 27 heavy (non-hydrogen) atoms. The van der Waals surface area contributed by atoms with Crippen molar-refractivity contribution in [2.45, 2.75) is 32.6 Å². The Labute approximate surface area is 160 Å². The van der Waals surface area contributed by atoms with Crippen molar-refractivity contribution in [3.05, 3.63) is 71.0 Å². The molecule has 2 aromatic rings. The lowest BCUT2D eigenvalue weighted by Gasteiger charge is -2.15. The molecule has 0 fully saturated rings. The Morgan fingerprint density at radius 2 is 1.96 bits per heavy atom. The van der Waals surface area contributed by atoms with Crippen molar-refractivity contribution in [1.82, 2.24) is 10.6 Å². The number of aliphatic hydroxyl groups is 1. The maximum Gasteiger partial charge on any atom is 0.191 e. The second-order valence-corrected chi connectivity index (χ2v) is 6.21. The first kappa shape index (κ1) is 20.9. The van der Waals surface area contributed by atoms with Gasteiger partial charge < -0.3 is 20.5 Å². The topological polar surface area (TPSA) is 65.9 Å². The molecule has 1 unspecified atom stereocenters. The maximum atomic E-state index is 13.4. The van der Waals surface area contributed by atoms with Gasteiger partial charge in [0, 0.05) is 32.3 Å². The van der Waals surface area contributed by atoms with Gasteiger partial charge in [-0.2, -0.15) is 0 Å². The van der Waals surface area contributed by atoms with Crippen LogP contribution in [0, 0.1) is 5.82 Å². The van der Waals surface area contributed by atoms with Gasteiger partial charge in [-0.15, -0.1) is 0 Å². The summed E-state index contributed by atoms with van der Waals surface area (Å²) in [5, 5.41) is 15.5. The maximum absolute atomic E-state index is 13.4. The van der Waals surface area contributed by atoms with E-state index in [9.17, 15) is 4.39 Å². The summed E-state index contributed by atoms with van der Waals surface area (Å²) < 4.78 is 19.3. The first-order chi connectivity index (χ1) is 13.1. The van der Waals surface area contributed by atoms with E-state index >= 15 is 0 Å². The third-order valence-corrected chi connectivity index (χ3v) is 4.21. The first-order valence-electron chi connectivity index (χ1n) is 9.13. The Bertz CT molecular complexity index is 723. The van der Waals surface area contributed by atoms with Gasteiger partial charge in [-0.1, -0.05) is 36.4 Å². The summed E-state index contributed by atoms with van der Waals surface area (Å²) in [6, 6.07) is 14.8. The number of hydrogen-bond donors (Lipinski definition) is 3. The summed E-state index contributed by atoms with van der Waals surface area (Å²) in [7, 11) is 1.70. The van der Waals surface area contributed by atoms with Crippen LogP contribution in [0.1, 0.15) is 36.1 Å². The summed E-state index contributed by atoms with van der Waals surface area (Å²) in [4.78, 5) is 4.17. The van der Waals surface area contributed by atoms with E-state index in [1.165, 1.54) is 11.6 Å². The van der Waals surface area contributed by atoms with Crippen LogP contribution in [0.25, 0.3) is 0 Å². The largest absolute Gasteiger partial charge is 0.392 e. The lowest BCUT2D eigenvalue weighted by molar-refractivity contribution is 0.0646. The van der Waals surface area contributed by atoms with Crippen LogP contribution in [-0.2, 0) is 17.9 Å². The number of aliphatic imine (C=N–C) groups is 1. The van der Waals surface area contributed by atoms with Gasteiger partial charge in [-0.25, -0.2) is 4.39 Å². The van der Waals surface area contributed by atoms with Crippen molar-refractivity contribution in [3.63, 3.8) is 0 Å². The molecule has 0 amide bonds. The van der Waals surface area contributed by atoms with E-state index in [2.05, 4.69) is 27.8 Å². The van der Waals surface area contributed by atoms with Crippen molar-refractivity contribution >= 4 is 5.96 Å². The van der Waals surface area contributed by atoms with E-state index in [0.717, 1.165) is 18.5 Å². The Balaban J connectivity index is 1.67. The zero-order chi connectivity index (χ0) is 19.5. The molecule has 2 rings (SSSR count). The highest BCUT2D eigenvalue weighted by Gasteiger charge is 2.05. The zero-order valence-electron chi connectivity index (χ0n) is 15.9. The van der Waals surface area contributed by atoms with Crippen molar-refractivity contribution < 1.29 is 14.2 Å². The van der Waals surface area contributed by atoms with Crippen molar-refractivity contribution in [2.24, 2.45) is 4.99 Å². The van der Waals surface area contributed by atoms with Gasteiger partial charge in [0.05, 0.1) is 12.7 Å². The van der Waals surface area contributed by atoms with E-state index in [1.54, 1.807) is 19.2 Å². The van der Waals surface area contributed by atoms with Gasteiger partial charge in [-0.05, 0) is 36.6 Å². The van der Waals surface area contributed by atoms with Crippen molar-refractivity contribution in [2.75, 3.05) is 20.2 Å². The molecule has 146 valence electrons. The Morgan fingerprint density at radius 3 is 2.67 bits per heavy atom. The number of hydrogen-bond acceptors (Lipinski definition) is 3. The number of halogens is 1. The van der Waals surface area contributed by atoms with E-state index in [-0.39, 0.29) is 12.7 Å². The standard InChI is InChI=1S/C21H28FN3O2/c1-16(18-7-4-3-5-8-18)27-12-6-11-24-21(23-2)25-14-17-9-10-20(22)19(13-17)15-26/h3-5,7-10,13,16,26H,6,11-12,14-15H2,1-2H3,(H2,23,24,25). The summed E-state index contributed by atoms with van der Waals surface area (Å²) in [6.45, 7) is 3.61. The minimum Gasteiger partial charge on any atom is -0.392 e. The van der Waals surface area contributed by atoms with Gasteiger partial charge in [0.1, 0.15) is 5.82 Å². The predicted molar refractivity (Wildman–Crippen MR) is 106 cm³/mol. The molecule has 3 N–H and O–H groups in total. The molecule has 0 saturated heterocycles. The van der Waals surface area contributed by atoms with Crippen molar-refractivity contribution in [3.8, 4) is 0 Å². The highest BCUT2D eigenvalue weighted by atomic mass is 19.1. The number of benzene rings is 2. The molecule has 1 atom stereocenters. The van der Waals surface area contributed by atoms with Crippen LogP contribution in [0.4, 0.5) is 4.39 Å². The number of rotatable bonds is 9. The smallest absolute Gasteiger partial charge is 0.191 e. The number of nitrogens with zero attached hydrogens (tertiary/aromatic N) is 1. The quantitative estimate of drug-likeness (QED) is 0.359. The van der Waals surface area contributed by atoms with Crippen LogP contribution in [0.2, 0.25) is 0 Å². The minimum atomic E-state index is -0.395. The molecular weight excluding hydrogens is 345 g/mol. The molecule has 0 heterocycles. The lowest BCUT2D eigenvalue weighted by Crippen LogP contribution is -2.37. The van der Waals surface area contributed by atoms with Gasteiger partial charge in [0.2, 0.25) is 0 Å². The predicted octanol–water partition coefficient (Wildman–Crippen LogP) is 3.15. The molecule has 0 aliphatic rings. The summed E-state index contributed by atoms with van der Waals surface area (Å²) in [5.74, 6) is 0.273. The third-order valence-electron chi connectivity index (χ3n) is 4.21. The average Bonchev–Trinajstić information content (AvgIpc) is 2.71. The van der Waals surface area contributed by atoms with Crippen LogP contribution in [-0.4, -0.2) is 31.3 Å². The molecule has 0 aromatic heterocycles. The first-order valence-corrected chi connectivity index (χ1v) is 9.13. The summed E-state index contributed by atoms with van der Waals surface area (Å²) >= 11 is 0. The fourth-order valence-electron chi connectivity index (χ4n) is 2.62. The Morgan fingerprint density at radius 1 is 1.19 bits per heavy atom. The van der Waals surface area contributed by atoms with E-state index in [0.29, 0.717) is 24.7 Å². The molecule has 0 aliphatic heterocycles. The Kier molecular flexibility index (Phi) is 8.74. The second-order valence-electron chi connectivity index (χ2n) is 6.21. The fraction of sp³-hybridized carbons (Fsp3) is 0.381. The molecule has 0 saturated carbocycles. The number of aliphatic hydroxyl groups excluding tert-OH is 1. The fourth-order valence-corrected chi connectivity index (χ4v) is 2.62. The van der Waals surface area contributed by atoms with Crippen LogP contribution >= 0.6 is 0 Å². The van der Waals surface area contributed by atoms with Crippen molar-refractivity contribution in [1.29, 1.82) is 0 Å². The number of nitrogens with one attached hydrogen (secondary N) is 2. The Hall–Kier alpha value is -2.44. The highest BCUT2D eigenvalue weighted by molar-refractivity contribution is 5.79. The molecule has 0 aliphatic carbocycles. The summed E-state index contributed by atoms with van der Waals surface area (Å²) in [5.41, 5.74) is 2.34. The number of ether oxygens (including phenoxy) is 1. The minimum absolute atomic E-state index is 0.0721. The summed E-state index contributed by atoms with van der Waals surface area (Å²) in [6.07, 6.45) is 0.922. The molecule has 5 nitrogen and oxygen atoms in total. The van der Waals surface area contributed by atoms with Gasteiger partial charge in [0.25, 0.3) is 0 Å². The zero-order valence-corrected chi connectivity index (χ0v) is 15.9. The van der Waals surface area contributed by atoms with Gasteiger partial charge in [-0.3, -0.25) is 4.99 Å². The van der Waals surface area contributed by atoms with E-state index in [1.807, 2.05) is 25.1 Å². The normalized spacial score (nSPS) is 12.7. The monoisotopic (exact) mass is 373 g/mol. The lowest BCUT2D eigenvalue weighted by atomic mass is 10.1. The van der Waals surface area contributed by atoms with Gasteiger partial charge in [0.15, 0.2) is 5.96 Å². The average molecular weight is 373 g/mol. The van der Waals surface area contributed by atoms with Crippen LogP contribution in [0.5, 0.6) is 0 Å². The van der Waals surface area contributed by atoms with E-state index in [4.69, 9.17) is 9.84 Å². The highest BCUT2D eigenvalue weighted by Crippen LogP contribution is 2.15. The molecule has 0 radical (unpaired) electrons.